The molecule has 0 unspecified atom stereocenters. The molecule has 15 heavy (non-hydrogen) atoms. The van der Waals surface area contributed by atoms with Crippen molar-refractivity contribution in [2.75, 3.05) is 45.4 Å². The largest absolute Gasteiger partial charge is 0.353 e. The Morgan fingerprint density at radius 1 is 1.07 bits per heavy atom. The molecule has 0 aliphatic carbocycles. The van der Waals surface area contributed by atoms with Crippen molar-refractivity contribution in [3.05, 3.63) is 0 Å². The highest BCUT2D eigenvalue weighted by molar-refractivity contribution is 7.99. The third-order valence-electron chi connectivity index (χ3n) is 1.89. The van der Waals surface area contributed by atoms with Crippen molar-refractivity contribution in [1.82, 2.24) is 4.90 Å². The Morgan fingerprint density at radius 2 is 1.67 bits per heavy atom. The van der Waals surface area contributed by atoms with Crippen LogP contribution in [0.4, 0.5) is 0 Å². The number of thioether (sulfide) groups is 1. The zero-order chi connectivity index (χ0) is 11.5. The van der Waals surface area contributed by atoms with E-state index in [0.717, 1.165) is 31.9 Å². The number of hydrogen-bond donors (Lipinski definition) is 0. The van der Waals surface area contributed by atoms with Crippen LogP contribution in [0, 0.1) is 0 Å². The van der Waals surface area contributed by atoms with Gasteiger partial charge in [0, 0.05) is 31.9 Å². The van der Waals surface area contributed by atoms with E-state index in [0.29, 0.717) is 0 Å². The fraction of sp³-hybridized carbons (Fsp3) is 1.00. The predicted octanol–water partition coefficient (Wildman–Crippen LogP) is 2.07. The van der Waals surface area contributed by atoms with Crippen molar-refractivity contribution < 1.29 is 9.47 Å². The summed E-state index contributed by atoms with van der Waals surface area (Å²) in [5, 5.41) is 0. The molecule has 0 spiro atoms. The molecule has 0 saturated carbocycles. The molecule has 0 radical (unpaired) electrons. The minimum Gasteiger partial charge on any atom is -0.353 e. The van der Waals surface area contributed by atoms with Gasteiger partial charge in [-0.05, 0) is 33.7 Å². The number of hydrogen-bond acceptors (Lipinski definition) is 4. The highest BCUT2D eigenvalue weighted by atomic mass is 32.2. The summed E-state index contributed by atoms with van der Waals surface area (Å²) in [6, 6.07) is 0. The number of ether oxygens (including phenoxy) is 2. The molecule has 92 valence electrons. The second-order valence-corrected chi connectivity index (χ2v) is 4.77. The highest BCUT2D eigenvalue weighted by Crippen LogP contribution is 2.08. The Hall–Kier alpha value is 0.230. The van der Waals surface area contributed by atoms with Crippen LogP contribution >= 0.6 is 11.8 Å². The molecule has 0 aliphatic heterocycles. The Morgan fingerprint density at radius 3 is 2.13 bits per heavy atom. The van der Waals surface area contributed by atoms with Crippen LogP contribution in [0.5, 0.6) is 0 Å². The summed E-state index contributed by atoms with van der Waals surface area (Å²) >= 11 is 1.96. The molecule has 0 bridgehead atoms. The Labute approximate surface area is 98.5 Å². The molecule has 0 amide bonds. The van der Waals surface area contributed by atoms with Gasteiger partial charge < -0.3 is 14.4 Å². The van der Waals surface area contributed by atoms with Crippen LogP contribution < -0.4 is 0 Å². The minimum atomic E-state index is -0.00754. The maximum Gasteiger partial charge on any atom is 0.158 e. The first-order chi connectivity index (χ1) is 7.20. The van der Waals surface area contributed by atoms with Crippen molar-refractivity contribution in [3.8, 4) is 0 Å². The normalized spacial score (nSPS) is 11.6. The molecule has 0 fully saturated rings. The zero-order valence-electron chi connectivity index (χ0n) is 10.5. The Bertz CT molecular complexity index is 128. The van der Waals surface area contributed by atoms with Crippen LogP contribution in [0.1, 0.15) is 20.3 Å². The fourth-order valence-electron chi connectivity index (χ4n) is 1.12. The van der Waals surface area contributed by atoms with Crippen molar-refractivity contribution >= 4 is 11.8 Å². The first kappa shape index (κ1) is 15.2. The van der Waals surface area contributed by atoms with Crippen molar-refractivity contribution in [2.24, 2.45) is 0 Å². The zero-order valence-corrected chi connectivity index (χ0v) is 11.3. The fourth-order valence-corrected chi connectivity index (χ4v) is 2.17. The molecule has 3 nitrogen and oxygen atoms in total. The molecule has 0 rings (SSSR count). The van der Waals surface area contributed by atoms with E-state index < -0.39 is 0 Å². The van der Waals surface area contributed by atoms with Crippen LogP contribution in [-0.4, -0.2) is 56.5 Å². The van der Waals surface area contributed by atoms with Gasteiger partial charge in [0.25, 0.3) is 0 Å². The van der Waals surface area contributed by atoms with Gasteiger partial charge in [0.1, 0.15) is 0 Å². The van der Waals surface area contributed by atoms with Crippen LogP contribution in [0.2, 0.25) is 0 Å². The van der Waals surface area contributed by atoms with Crippen LogP contribution in [0.15, 0.2) is 0 Å². The van der Waals surface area contributed by atoms with Gasteiger partial charge in [0.15, 0.2) is 6.29 Å². The van der Waals surface area contributed by atoms with Crippen LogP contribution in [-0.2, 0) is 9.47 Å². The first-order valence-corrected chi connectivity index (χ1v) is 6.81. The van der Waals surface area contributed by atoms with Gasteiger partial charge in [0.2, 0.25) is 0 Å². The summed E-state index contributed by atoms with van der Waals surface area (Å²) in [6.07, 6.45) is 0.978. The van der Waals surface area contributed by atoms with E-state index >= 15 is 0 Å². The van der Waals surface area contributed by atoms with Crippen LogP contribution in [0.25, 0.3) is 0 Å². The molecule has 0 saturated heterocycles. The summed E-state index contributed by atoms with van der Waals surface area (Å²) < 4.78 is 10.9. The van der Waals surface area contributed by atoms with Gasteiger partial charge in [-0.3, -0.25) is 0 Å². The lowest BCUT2D eigenvalue weighted by Gasteiger charge is -2.16. The maximum atomic E-state index is 5.46. The molecule has 0 aromatic rings. The smallest absolute Gasteiger partial charge is 0.158 e. The third kappa shape index (κ3) is 10.5. The molecule has 0 N–H and O–H groups in total. The van der Waals surface area contributed by atoms with Crippen molar-refractivity contribution in [3.63, 3.8) is 0 Å². The highest BCUT2D eigenvalue weighted by Gasteiger charge is 2.06. The van der Waals surface area contributed by atoms with E-state index in [2.05, 4.69) is 19.0 Å². The minimum absolute atomic E-state index is 0.00754. The standard InChI is InChI=1S/C11H25NO2S/c1-5-13-11(14-6-2)7-9-15-10-8-12(3)4/h11H,5-10H2,1-4H3. The summed E-state index contributed by atoms with van der Waals surface area (Å²) in [6.45, 7) is 6.61. The van der Waals surface area contributed by atoms with Gasteiger partial charge >= 0.3 is 0 Å². The topological polar surface area (TPSA) is 21.7 Å². The lowest BCUT2D eigenvalue weighted by Crippen LogP contribution is -2.19. The van der Waals surface area contributed by atoms with Gasteiger partial charge in [0.05, 0.1) is 0 Å². The SMILES string of the molecule is CCOC(CCSCCN(C)C)OCC. The molecule has 0 heterocycles. The average molecular weight is 235 g/mol. The summed E-state index contributed by atoms with van der Waals surface area (Å²) in [7, 11) is 4.20. The van der Waals surface area contributed by atoms with Gasteiger partial charge in [-0.25, -0.2) is 0 Å². The quantitative estimate of drug-likeness (QED) is 0.427. The Kier molecular flexibility index (Phi) is 10.9. The molecule has 0 aliphatic rings. The molecule has 0 atom stereocenters. The molecular weight excluding hydrogens is 210 g/mol. The van der Waals surface area contributed by atoms with E-state index in [1.165, 1.54) is 5.75 Å². The third-order valence-corrected chi connectivity index (χ3v) is 2.88. The second-order valence-electron chi connectivity index (χ2n) is 3.54. The van der Waals surface area contributed by atoms with Crippen molar-refractivity contribution in [2.45, 2.75) is 26.6 Å². The van der Waals surface area contributed by atoms with Crippen molar-refractivity contribution in [1.29, 1.82) is 0 Å². The molecule has 0 aromatic carbocycles. The molecule has 4 heteroatoms. The van der Waals surface area contributed by atoms with E-state index in [-0.39, 0.29) is 6.29 Å². The van der Waals surface area contributed by atoms with E-state index in [1.807, 2.05) is 25.6 Å². The van der Waals surface area contributed by atoms with E-state index in [1.54, 1.807) is 0 Å². The lowest BCUT2D eigenvalue weighted by atomic mass is 10.5. The van der Waals surface area contributed by atoms with E-state index in [9.17, 15) is 0 Å². The van der Waals surface area contributed by atoms with Gasteiger partial charge in [-0.15, -0.1) is 0 Å². The average Bonchev–Trinajstić information content (AvgIpc) is 2.17. The first-order valence-electron chi connectivity index (χ1n) is 5.66. The summed E-state index contributed by atoms with van der Waals surface area (Å²) in [5.41, 5.74) is 0. The Balaban J connectivity index is 3.36. The maximum absolute atomic E-state index is 5.46. The van der Waals surface area contributed by atoms with E-state index in [4.69, 9.17) is 9.47 Å². The monoisotopic (exact) mass is 235 g/mol. The predicted molar refractivity (Wildman–Crippen MR) is 67.5 cm³/mol. The lowest BCUT2D eigenvalue weighted by molar-refractivity contribution is -0.136. The van der Waals surface area contributed by atoms with Gasteiger partial charge in [-0.1, -0.05) is 0 Å². The molecule has 0 aromatic heterocycles. The molecular formula is C11H25NO2S. The summed E-state index contributed by atoms with van der Waals surface area (Å²) in [5.74, 6) is 2.29. The number of nitrogens with zero attached hydrogens (tertiary/aromatic N) is 1. The number of rotatable bonds is 10. The second kappa shape index (κ2) is 10.7. The van der Waals surface area contributed by atoms with Gasteiger partial charge in [-0.2, -0.15) is 11.8 Å². The van der Waals surface area contributed by atoms with Crippen LogP contribution in [0.3, 0.4) is 0 Å². The summed E-state index contributed by atoms with van der Waals surface area (Å²) in [4.78, 5) is 2.20.